The first-order valence-corrected chi connectivity index (χ1v) is 7.77. The lowest BCUT2D eigenvalue weighted by Gasteiger charge is -2.33. The van der Waals surface area contributed by atoms with Crippen molar-refractivity contribution in [1.29, 1.82) is 0 Å². The van der Waals surface area contributed by atoms with Crippen LogP contribution in [-0.2, 0) is 16.0 Å². The van der Waals surface area contributed by atoms with Gasteiger partial charge < -0.3 is 14.5 Å². The molecule has 0 bridgehead atoms. The number of hydrogen-bond acceptors (Lipinski definition) is 4. The van der Waals surface area contributed by atoms with E-state index in [4.69, 9.17) is 9.15 Å². The van der Waals surface area contributed by atoms with Crippen molar-refractivity contribution in [3.05, 3.63) is 23.7 Å². The van der Waals surface area contributed by atoms with Crippen LogP contribution in [0.2, 0.25) is 0 Å². The van der Waals surface area contributed by atoms with Gasteiger partial charge in [-0.3, -0.25) is 9.69 Å². The molecule has 0 aromatic carbocycles. The van der Waals surface area contributed by atoms with Crippen molar-refractivity contribution < 1.29 is 13.9 Å². The molecule has 2 rings (SSSR count). The Balaban J connectivity index is 1.96. The molecule has 1 atom stereocenters. The number of carbonyl (C=O) groups is 1. The molecule has 5 nitrogen and oxygen atoms in total. The second kappa shape index (κ2) is 7.61. The van der Waals surface area contributed by atoms with Crippen molar-refractivity contribution in [1.82, 2.24) is 10.2 Å². The molecule has 0 aliphatic carbocycles. The van der Waals surface area contributed by atoms with Crippen LogP contribution in [0.3, 0.4) is 0 Å². The van der Waals surface area contributed by atoms with E-state index in [1.54, 1.807) is 0 Å². The summed E-state index contributed by atoms with van der Waals surface area (Å²) in [4.78, 5) is 14.2. The molecule has 1 aliphatic rings. The zero-order valence-electron chi connectivity index (χ0n) is 13.2. The van der Waals surface area contributed by atoms with Crippen LogP contribution in [-0.4, -0.2) is 43.7 Å². The van der Waals surface area contributed by atoms with Gasteiger partial charge in [0.1, 0.15) is 11.5 Å². The summed E-state index contributed by atoms with van der Waals surface area (Å²) in [5, 5.41) is 2.97. The van der Waals surface area contributed by atoms with E-state index in [-0.39, 0.29) is 11.9 Å². The molecule has 1 saturated heterocycles. The summed E-state index contributed by atoms with van der Waals surface area (Å²) in [5.41, 5.74) is 0. The van der Waals surface area contributed by atoms with Gasteiger partial charge in [0.15, 0.2) is 0 Å². The number of nitrogens with zero attached hydrogens (tertiary/aromatic N) is 1. The van der Waals surface area contributed by atoms with Gasteiger partial charge in [0.05, 0.1) is 25.8 Å². The van der Waals surface area contributed by atoms with Crippen LogP contribution in [0.5, 0.6) is 0 Å². The van der Waals surface area contributed by atoms with Crippen LogP contribution >= 0.6 is 0 Å². The SMILES string of the molecule is CCc1ccc([C@H]2COCCN2CC(=O)NCC(C)C)o1. The highest BCUT2D eigenvalue weighted by Gasteiger charge is 2.28. The monoisotopic (exact) mass is 294 g/mol. The molecule has 0 unspecified atom stereocenters. The number of morpholine rings is 1. The van der Waals surface area contributed by atoms with Gasteiger partial charge in [-0.2, -0.15) is 0 Å². The van der Waals surface area contributed by atoms with Crippen molar-refractivity contribution in [2.24, 2.45) is 5.92 Å². The lowest BCUT2D eigenvalue weighted by Crippen LogP contribution is -2.45. The van der Waals surface area contributed by atoms with Gasteiger partial charge in [-0.25, -0.2) is 0 Å². The zero-order valence-corrected chi connectivity index (χ0v) is 13.2. The Labute approximate surface area is 126 Å². The Morgan fingerprint density at radius 3 is 2.95 bits per heavy atom. The van der Waals surface area contributed by atoms with Gasteiger partial charge in [-0.1, -0.05) is 20.8 Å². The molecule has 1 aromatic rings. The van der Waals surface area contributed by atoms with Crippen LogP contribution in [0.25, 0.3) is 0 Å². The lowest BCUT2D eigenvalue weighted by atomic mass is 10.1. The number of ether oxygens (including phenoxy) is 1. The molecular weight excluding hydrogens is 268 g/mol. The first kappa shape index (κ1) is 16.0. The van der Waals surface area contributed by atoms with E-state index in [0.717, 1.165) is 24.5 Å². The standard InChI is InChI=1S/C16H26N2O3/c1-4-13-5-6-15(21-13)14-11-20-8-7-18(14)10-16(19)17-9-12(2)3/h5-6,12,14H,4,7-11H2,1-3H3,(H,17,19)/t14-/m1/s1. The number of nitrogens with one attached hydrogen (secondary N) is 1. The predicted molar refractivity (Wildman–Crippen MR) is 81.1 cm³/mol. The van der Waals surface area contributed by atoms with E-state index in [1.165, 1.54) is 0 Å². The first-order valence-electron chi connectivity index (χ1n) is 7.77. The second-order valence-electron chi connectivity index (χ2n) is 5.92. The topological polar surface area (TPSA) is 54.7 Å². The average molecular weight is 294 g/mol. The highest BCUT2D eigenvalue weighted by atomic mass is 16.5. The van der Waals surface area contributed by atoms with E-state index >= 15 is 0 Å². The van der Waals surface area contributed by atoms with Gasteiger partial charge in [-0.05, 0) is 18.1 Å². The Kier molecular flexibility index (Phi) is 5.82. The third-order valence-electron chi connectivity index (χ3n) is 3.65. The smallest absolute Gasteiger partial charge is 0.234 e. The Morgan fingerprint density at radius 2 is 2.29 bits per heavy atom. The Morgan fingerprint density at radius 1 is 1.48 bits per heavy atom. The fourth-order valence-electron chi connectivity index (χ4n) is 2.41. The van der Waals surface area contributed by atoms with Crippen molar-refractivity contribution in [3.8, 4) is 0 Å². The minimum atomic E-state index is 0.0313. The minimum Gasteiger partial charge on any atom is -0.464 e. The van der Waals surface area contributed by atoms with Crippen LogP contribution in [0, 0.1) is 5.92 Å². The summed E-state index contributed by atoms with van der Waals surface area (Å²) in [7, 11) is 0. The van der Waals surface area contributed by atoms with Crippen molar-refractivity contribution in [3.63, 3.8) is 0 Å². The normalized spacial score (nSPS) is 19.9. The fourth-order valence-corrected chi connectivity index (χ4v) is 2.41. The first-order chi connectivity index (χ1) is 10.1. The van der Waals surface area contributed by atoms with Gasteiger partial charge >= 0.3 is 0 Å². The van der Waals surface area contributed by atoms with E-state index in [0.29, 0.717) is 32.2 Å². The number of rotatable bonds is 6. The molecular formula is C16H26N2O3. The van der Waals surface area contributed by atoms with Gasteiger partial charge in [0, 0.05) is 19.5 Å². The molecule has 118 valence electrons. The van der Waals surface area contributed by atoms with E-state index in [2.05, 4.69) is 31.0 Å². The predicted octanol–water partition coefficient (Wildman–Crippen LogP) is 1.99. The molecule has 1 amide bonds. The second-order valence-corrected chi connectivity index (χ2v) is 5.92. The van der Waals surface area contributed by atoms with E-state index < -0.39 is 0 Å². The largest absolute Gasteiger partial charge is 0.464 e. The maximum atomic E-state index is 12.0. The molecule has 0 spiro atoms. The van der Waals surface area contributed by atoms with Crippen molar-refractivity contribution in [2.75, 3.05) is 32.8 Å². The highest BCUT2D eigenvalue weighted by molar-refractivity contribution is 5.78. The van der Waals surface area contributed by atoms with Crippen LogP contribution < -0.4 is 5.32 Å². The summed E-state index contributed by atoms with van der Waals surface area (Å²) in [6.45, 7) is 9.35. The number of hydrogen-bond donors (Lipinski definition) is 1. The molecule has 2 heterocycles. The third kappa shape index (κ3) is 4.58. The molecule has 0 saturated carbocycles. The van der Waals surface area contributed by atoms with Gasteiger partial charge in [-0.15, -0.1) is 0 Å². The van der Waals surface area contributed by atoms with Gasteiger partial charge in [0.25, 0.3) is 0 Å². The van der Waals surface area contributed by atoms with Crippen LogP contribution in [0.1, 0.15) is 38.3 Å². The maximum absolute atomic E-state index is 12.0. The molecule has 1 aromatic heterocycles. The van der Waals surface area contributed by atoms with Crippen LogP contribution in [0.4, 0.5) is 0 Å². The summed E-state index contributed by atoms with van der Waals surface area (Å²) in [6, 6.07) is 4.03. The summed E-state index contributed by atoms with van der Waals surface area (Å²) in [5.74, 6) is 2.40. The van der Waals surface area contributed by atoms with Crippen molar-refractivity contribution in [2.45, 2.75) is 33.2 Å². The van der Waals surface area contributed by atoms with E-state index in [1.807, 2.05) is 12.1 Å². The highest BCUT2D eigenvalue weighted by Crippen LogP contribution is 2.25. The molecule has 1 N–H and O–H groups in total. The average Bonchev–Trinajstić information content (AvgIpc) is 2.94. The molecule has 1 fully saturated rings. The zero-order chi connectivity index (χ0) is 15.2. The molecule has 0 radical (unpaired) electrons. The van der Waals surface area contributed by atoms with Crippen molar-refractivity contribution >= 4 is 5.91 Å². The summed E-state index contributed by atoms with van der Waals surface area (Å²) in [6.07, 6.45) is 0.877. The Hall–Kier alpha value is -1.33. The number of furan rings is 1. The number of carbonyl (C=O) groups excluding carboxylic acids is 1. The number of aryl methyl sites for hydroxylation is 1. The summed E-state index contributed by atoms with van der Waals surface area (Å²) < 4.78 is 11.4. The quantitative estimate of drug-likeness (QED) is 0.872. The molecule has 21 heavy (non-hydrogen) atoms. The lowest BCUT2D eigenvalue weighted by molar-refractivity contribution is -0.125. The summed E-state index contributed by atoms with van der Waals surface area (Å²) >= 11 is 0. The Bertz CT molecular complexity index is 456. The third-order valence-corrected chi connectivity index (χ3v) is 3.65. The maximum Gasteiger partial charge on any atom is 0.234 e. The fraction of sp³-hybridized carbons (Fsp3) is 0.688. The van der Waals surface area contributed by atoms with E-state index in [9.17, 15) is 4.79 Å². The molecule has 1 aliphatic heterocycles. The minimum absolute atomic E-state index is 0.0313. The van der Waals surface area contributed by atoms with Gasteiger partial charge in [0.2, 0.25) is 5.91 Å². The molecule has 5 heteroatoms. The number of amides is 1. The van der Waals surface area contributed by atoms with Crippen LogP contribution in [0.15, 0.2) is 16.5 Å².